The summed E-state index contributed by atoms with van der Waals surface area (Å²) in [5.41, 5.74) is 8.07. The van der Waals surface area contributed by atoms with Crippen molar-refractivity contribution in [3.05, 3.63) is 35.7 Å². The molecule has 0 unspecified atom stereocenters. The molecule has 1 aliphatic heterocycles. The van der Waals surface area contributed by atoms with Crippen LogP contribution in [0.4, 0.5) is 17.6 Å². The number of benzene rings is 1. The molecule has 1 saturated heterocycles. The number of anilines is 3. The number of nitrogen functional groups attached to an aromatic ring is 1. The average molecular weight is 404 g/mol. The van der Waals surface area contributed by atoms with Crippen molar-refractivity contribution >= 4 is 45.9 Å². The minimum absolute atomic E-state index is 0.207. The lowest BCUT2D eigenvalue weighted by Crippen LogP contribution is -2.45. The van der Waals surface area contributed by atoms with Crippen molar-refractivity contribution in [3.8, 4) is 0 Å². The number of nitrogens with two attached hydrogens (primary N) is 1. The fourth-order valence-corrected chi connectivity index (χ4v) is 3.82. The second kappa shape index (κ2) is 9.29. The van der Waals surface area contributed by atoms with E-state index in [1.54, 1.807) is 11.8 Å². The minimum Gasteiger partial charge on any atom is -0.368 e. The van der Waals surface area contributed by atoms with Crippen LogP contribution >= 0.6 is 24.0 Å². The molecular weight excluding hydrogens is 378 g/mol. The molecule has 1 aromatic carbocycles. The van der Waals surface area contributed by atoms with E-state index in [9.17, 15) is 0 Å². The number of thiocarbonyl (C=S) groups is 1. The van der Waals surface area contributed by atoms with E-state index in [4.69, 9.17) is 18.0 Å². The number of likely N-dealkylation sites (N-methyl/N-ethyl adjacent to an activating group) is 1. The van der Waals surface area contributed by atoms with Crippen molar-refractivity contribution in [2.75, 3.05) is 44.3 Å². The first-order chi connectivity index (χ1) is 13.0. The Morgan fingerprint density at radius 3 is 2.52 bits per heavy atom. The second-order valence-electron chi connectivity index (χ2n) is 6.45. The largest absolute Gasteiger partial charge is 0.368 e. The lowest BCUT2D eigenvalue weighted by molar-refractivity contribution is 0.220. The lowest BCUT2D eigenvalue weighted by Gasteiger charge is -2.33. The molecule has 0 radical (unpaired) electrons. The Balaban J connectivity index is 1.60. The predicted octanol–water partition coefficient (Wildman–Crippen LogP) is 2.53. The van der Waals surface area contributed by atoms with Crippen LogP contribution in [-0.2, 0) is 12.2 Å². The fourth-order valence-electron chi connectivity index (χ4n) is 2.72. The number of hydrogen-bond donors (Lipinski definition) is 2. The van der Waals surface area contributed by atoms with E-state index in [0.717, 1.165) is 42.6 Å². The van der Waals surface area contributed by atoms with Gasteiger partial charge in [0.2, 0.25) is 11.9 Å². The van der Waals surface area contributed by atoms with Crippen LogP contribution in [0.2, 0.25) is 0 Å². The summed E-state index contributed by atoms with van der Waals surface area (Å²) in [6.07, 6.45) is 1.01. The number of nitrogens with zero attached hydrogens (tertiary/aromatic N) is 5. The monoisotopic (exact) mass is 403 g/mol. The Morgan fingerprint density at radius 2 is 1.85 bits per heavy atom. The first-order valence-corrected chi connectivity index (χ1v) is 10.4. The Morgan fingerprint density at radius 1 is 1.15 bits per heavy atom. The van der Waals surface area contributed by atoms with Gasteiger partial charge >= 0.3 is 0 Å². The quantitative estimate of drug-likeness (QED) is 0.732. The van der Waals surface area contributed by atoms with E-state index in [1.807, 2.05) is 12.1 Å². The van der Waals surface area contributed by atoms with Crippen molar-refractivity contribution < 1.29 is 0 Å². The molecule has 3 N–H and O–H groups in total. The Bertz CT molecular complexity index is 774. The molecule has 0 bridgehead atoms. The molecule has 0 saturated carbocycles. The zero-order chi connectivity index (χ0) is 19.2. The third kappa shape index (κ3) is 5.75. The van der Waals surface area contributed by atoms with Gasteiger partial charge in [0, 0.05) is 31.9 Å². The van der Waals surface area contributed by atoms with Gasteiger partial charge in [-0.15, -0.1) is 0 Å². The summed E-state index contributed by atoms with van der Waals surface area (Å²) in [6.45, 7) is 6.12. The molecule has 1 aliphatic rings. The third-order valence-corrected chi connectivity index (χ3v) is 5.92. The molecule has 1 aromatic heterocycles. The Kier molecular flexibility index (Phi) is 6.81. The normalized spacial score (nSPS) is 15.0. The molecule has 0 atom stereocenters. The molecule has 9 heteroatoms. The van der Waals surface area contributed by atoms with E-state index in [2.05, 4.69) is 56.2 Å². The van der Waals surface area contributed by atoms with Gasteiger partial charge in [-0.3, -0.25) is 0 Å². The average Bonchev–Trinajstić information content (AvgIpc) is 2.67. The summed E-state index contributed by atoms with van der Waals surface area (Å²) in [7, 11) is 2.13. The summed E-state index contributed by atoms with van der Waals surface area (Å²) in [4.78, 5) is 17.4. The van der Waals surface area contributed by atoms with Gasteiger partial charge < -0.3 is 20.9 Å². The molecule has 0 spiro atoms. The summed E-state index contributed by atoms with van der Waals surface area (Å²) >= 11 is 7.13. The van der Waals surface area contributed by atoms with Crippen molar-refractivity contribution in [1.29, 1.82) is 0 Å². The van der Waals surface area contributed by atoms with Gasteiger partial charge in [0.15, 0.2) is 0 Å². The highest BCUT2D eigenvalue weighted by Crippen LogP contribution is 2.19. The molecule has 2 heterocycles. The maximum atomic E-state index is 5.86. The SMILES string of the molecule is CCc1ccc(Nc2nc(N)nc(CSC(=S)N3CCN(C)CC3)n2)cc1. The highest BCUT2D eigenvalue weighted by Gasteiger charge is 2.17. The van der Waals surface area contributed by atoms with Crippen molar-refractivity contribution in [1.82, 2.24) is 24.8 Å². The van der Waals surface area contributed by atoms with E-state index in [-0.39, 0.29) is 5.95 Å². The Hall–Kier alpha value is -1.97. The summed E-state index contributed by atoms with van der Waals surface area (Å²) in [5, 5.41) is 3.19. The number of aryl methyl sites for hydroxylation is 1. The topological polar surface area (TPSA) is 83.2 Å². The summed E-state index contributed by atoms with van der Waals surface area (Å²) < 4.78 is 0.881. The highest BCUT2D eigenvalue weighted by atomic mass is 32.2. The summed E-state index contributed by atoms with van der Waals surface area (Å²) in [6, 6.07) is 8.18. The lowest BCUT2D eigenvalue weighted by atomic mass is 10.1. The van der Waals surface area contributed by atoms with Crippen molar-refractivity contribution in [2.45, 2.75) is 19.1 Å². The van der Waals surface area contributed by atoms with E-state index in [1.165, 1.54) is 5.56 Å². The zero-order valence-electron chi connectivity index (χ0n) is 15.7. The molecule has 7 nitrogen and oxygen atoms in total. The number of aromatic nitrogens is 3. The minimum atomic E-state index is 0.207. The van der Waals surface area contributed by atoms with Crippen LogP contribution in [0.25, 0.3) is 0 Å². The second-order valence-corrected chi connectivity index (χ2v) is 8.06. The maximum Gasteiger partial charge on any atom is 0.232 e. The van der Waals surface area contributed by atoms with Crippen molar-refractivity contribution in [3.63, 3.8) is 0 Å². The molecule has 3 rings (SSSR count). The van der Waals surface area contributed by atoms with Gasteiger partial charge in [0.25, 0.3) is 0 Å². The van der Waals surface area contributed by atoms with E-state index < -0.39 is 0 Å². The highest BCUT2D eigenvalue weighted by molar-refractivity contribution is 8.22. The first-order valence-electron chi connectivity index (χ1n) is 9.00. The number of rotatable bonds is 5. The predicted molar refractivity (Wildman–Crippen MR) is 116 cm³/mol. The van der Waals surface area contributed by atoms with E-state index in [0.29, 0.717) is 17.5 Å². The van der Waals surface area contributed by atoms with Gasteiger partial charge in [-0.2, -0.15) is 15.0 Å². The molecule has 0 aliphatic carbocycles. The van der Waals surface area contributed by atoms with Crippen LogP contribution in [0, 0.1) is 0 Å². The van der Waals surface area contributed by atoms with E-state index >= 15 is 0 Å². The molecule has 27 heavy (non-hydrogen) atoms. The van der Waals surface area contributed by atoms with Gasteiger partial charge in [0.1, 0.15) is 10.1 Å². The maximum absolute atomic E-state index is 5.86. The van der Waals surface area contributed by atoms with Crippen LogP contribution < -0.4 is 11.1 Å². The number of nitrogens with one attached hydrogen (secondary N) is 1. The molecule has 144 valence electrons. The standard InChI is InChI=1S/C18H25N7S2/c1-3-13-4-6-14(7-5-13)20-17-22-15(21-16(19)23-17)12-27-18(26)25-10-8-24(2)9-11-25/h4-7H,3,8-12H2,1-2H3,(H3,19,20,21,22,23). The van der Waals surface area contributed by atoms with Crippen LogP contribution in [0.5, 0.6) is 0 Å². The zero-order valence-corrected chi connectivity index (χ0v) is 17.3. The number of piperazine rings is 1. The Labute approximate surface area is 169 Å². The molecular formula is C18H25N7S2. The van der Waals surface area contributed by atoms with Crippen LogP contribution in [-0.4, -0.2) is 62.3 Å². The van der Waals surface area contributed by atoms with Crippen LogP contribution in [0.15, 0.2) is 24.3 Å². The molecule has 0 amide bonds. The van der Waals surface area contributed by atoms with Gasteiger partial charge in [-0.25, -0.2) is 0 Å². The van der Waals surface area contributed by atoms with Gasteiger partial charge in [-0.1, -0.05) is 43.0 Å². The smallest absolute Gasteiger partial charge is 0.232 e. The fraction of sp³-hybridized carbons (Fsp3) is 0.444. The third-order valence-electron chi connectivity index (χ3n) is 4.40. The summed E-state index contributed by atoms with van der Waals surface area (Å²) in [5.74, 6) is 1.85. The van der Waals surface area contributed by atoms with Gasteiger partial charge in [-0.05, 0) is 31.2 Å². The van der Waals surface area contributed by atoms with Crippen molar-refractivity contribution in [2.24, 2.45) is 0 Å². The van der Waals surface area contributed by atoms with Crippen LogP contribution in [0.3, 0.4) is 0 Å². The number of hydrogen-bond acceptors (Lipinski definition) is 8. The van der Waals surface area contributed by atoms with Gasteiger partial charge in [0.05, 0.1) is 5.75 Å². The first kappa shape index (κ1) is 19.8. The number of thioether (sulfide) groups is 1. The molecule has 2 aromatic rings. The van der Waals surface area contributed by atoms with Crippen LogP contribution in [0.1, 0.15) is 18.3 Å². The molecule has 1 fully saturated rings.